The van der Waals surface area contributed by atoms with Gasteiger partial charge >= 0.3 is 5.97 Å². The van der Waals surface area contributed by atoms with Crippen LogP contribution in [-0.4, -0.2) is 38.4 Å². The summed E-state index contributed by atoms with van der Waals surface area (Å²) < 4.78 is 10.6. The Labute approximate surface area is 90.3 Å². The van der Waals surface area contributed by atoms with Crippen LogP contribution in [0.15, 0.2) is 0 Å². The summed E-state index contributed by atoms with van der Waals surface area (Å²) in [5.74, 6) is 0.153. The van der Waals surface area contributed by atoms with Gasteiger partial charge in [0.15, 0.2) is 5.60 Å². The van der Waals surface area contributed by atoms with Crippen LogP contribution in [0.25, 0.3) is 0 Å². The first kappa shape index (κ1) is 10.9. The summed E-state index contributed by atoms with van der Waals surface area (Å²) >= 11 is 0. The van der Waals surface area contributed by atoms with E-state index in [9.17, 15) is 4.79 Å². The number of rotatable bonds is 2. The van der Waals surface area contributed by atoms with Crippen LogP contribution in [0.5, 0.6) is 0 Å². The predicted molar refractivity (Wildman–Crippen MR) is 55.5 cm³/mol. The van der Waals surface area contributed by atoms with Crippen LogP contribution in [0.1, 0.15) is 25.7 Å². The smallest absolute Gasteiger partial charge is 0.338 e. The fourth-order valence-corrected chi connectivity index (χ4v) is 2.77. The fourth-order valence-electron chi connectivity index (χ4n) is 2.77. The molecule has 15 heavy (non-hydrogen) atoms. The van der Waals surface area contributed by atoms with Gasteiger partial charge in [-0.2, -0.15) is 0 Å². The Hall–Kier alpha value is -0.610. The molecular formula is C11H19NO3. The van der Waals surface area contributed by atoms with E-state index in [0.29, 0.717) is 12.5 Å². The summed E-state index contributed by atoms with van der Waals surface area (Å²) in [6.45, 7) is 2.65. The number of esters is 1. The highest BCUT2D eigenvalue weighted by Crippen LogP contribution is 2.38. The minimum absolute atomic E-state index is 0.174. The average Bonchev–Trinajstić information content (AvgIpc) is 2.79. The van der Waals surface area contributed by atoms with E-state index in [1.165, 1.54) is 7.11 Å². The van der Waals surface area contributed by atoms with Gasteiger partial charge in [0.25, 0.3) is 0 Å². The van der Waals surface area contributed by atoms with Crippen molar-refractivity contribution in [3.05, 3.63) is 0 Å². The molecule has 0 amide bonds. The highest BCUT2D eigenvalue weighted by atomic mass is 16.6. The third-order valence-corrected chi connectivity index (χ3v) is 3.58. The van der Waals surface area contributed by atoms with E-state index in [-0.39, 0.29) is 5.97 Å². The topological polar surface area (TPSA) is 47.6 Å². The van der Waals surface area contributed by atoms with E-state index in [1.54, 1.807) is 0 Å². The second-order valence-electron chi connectivity index (χ2n) is 4.36. The first-order valence-electron chi connectivity index (χ1n) is 5.73. The molecule has 0 aromatic carbocycles. The highest BCUT2D eigenvalue weighted by molar-refractivity contribution is 5.80. The van der Waals surface area contributed by atoms with Crippen LogP contribution < -0.4 is 5.32 Å². The minimum Gasteiger partial charge on any atom is -0.467 e. The van der Waals surface area contributed by atoms with Crippen LogP contribution in [0.3, 0.4) is 0 Å². The molecule has 0 aromatic heterocycles. The Morgan fingerprint density at radius 1 is 1.47 bits per heavy atom. The first-order chi connectivity index (χ1) is 7.29. The SMILES string of the molecule is COC(=O)C1(C2CCNCC2)CCCO1. The predicted octanol–water partition coefficient (Wildman–Crippen LogP) is 0.708. The largest absolute Gasteiger partial charge is 0.467 e. The number of hydrogen-bond donors (Lipinski definition) is 1. The zero-order valence-corrected chi connectivity index (χ0v) is 9.25. The Bertz CT molecular complexity index is 230. The van der Waals surface area contributed by atoms with E-state index in [0.717, 1.165) is 38.8 Å². The van der Waals surface area contributed by atoms with Crippen molar-refractivity contribution >= 4 is 5.97 Å². The summed E-state index contributed by atoms with van der Waals surface area (Å²) in [6.07, 6.45) is 3.81. The molecule has 4 nitrogen and oxygen atoms in total. The summed E-state index contributed by atoms with van der Waals surface area (Å²) in [4.78, 5) is 11.9. The molecule has 2 rings (SSSR count). The first-order valence-corrected chi connectivity index (χ1v) is 5.73. The molecule has 0 aliphatic carbocycles. The van der Waals surface area contributed by atoms with Gasteiger partial charge in [0, 0.05) is 12.5 Å². The lowest BCUT2D eigenvalue weighted by Gasteiger charge is -2.36. The van der Waals surface area contributed by atoms with Crippen molar-refractivity contribution in [2.45, 2.75) is 31.3 Å². The molecule has 2 fully saturated rings. The molecule has 1 unspecified atom stereocenters. The van der Waals surface area contributed by atoms with Crippen LogP contribution in [0.4, 0.5) is 0 Å². The summed E-state index contributed by atoms with van der Waals surface area (Å²) in [5.41, 5.74) is -0.628. The molecular weight excluding hydrogens is 194 g/mol. The Kier molecular flexibility index (Phi) is 3.26. The molecule has 1 N–H and O–H groups in total. The molecule has 0 saturated carbocycles. The lowest BCUT2D eigenvalue weighted by atomic mass is 9.79. The van der Waals surface area contributed by atoms with Crippen LogP contribution in [-0.2, 0) is 14.3 Å². The highest BCUT2D eigenvalue weighted by Gasteiger charge is 2.50. The van der Waals surface area contributed by atoms with Gasteiger partial charge in [-0.3, -0.25) is 0 Å². The molecule has 2 heterocycles. The molecule has 0 radical (unpaired) electrons. The maximum Gasteiger partial charge on any atom is 0.338 e. The lowest BCUT2D eigenvalue weighted by molar-refractivity contribution is -0.172. The normalized spacial score (nSPS) is 32.9. The second kappa shape index (κ2) is 4.49. The van der Waals surface area contributed by atoms with Gasteiger partial charge in [0.1, 0.15) is 0 Å². The maximum absolute atomic E-state index is 11.9. The van der Waals surface area contributed by atoms with Gasteiger partial charge in [0.2, 0.25) is 0 Å². The second-order valence-corrected chi connectivity index (χ2v) is 4.36. The Morgan fingerprint density at radius 2 is 2.20 bits per heavy atom. The van der Waals surface area contributed by atoms with Gasteiger partial charge in [-0.05, 0) is 38.8 Å². The van der Waals surface area contributed by atoms with Gasteiger partial charge in [-0.1, -0.05) is 0 Å². The maximum atomic E-state index is 11.9. The zero-order valence-electron chi connectivity index (χ0n) is 9.25. The standard InChI is InChI=1S/C11H19NO3/c1-14-10(13)11(5-2-8-15-11)9-3-6-12-7-4-9/h9,12H,2-8H2,1H3. The number of carbonyl (C=O) groups excluding carboxylic acids is 1. The van der Waals surface area contributed by atoms with Crippen LogP contribution in [0, 0.1) is 5.92 Å². The van der Waals surface area contributed by atoms with Crippen molar-refractivity contribution < 1.29 is 14.3 Å². The van der Waals surface area contributed by atoms with Gasteiger partial charge in [-0.25, -0.2) is 4.79 Å². The molecule has 0 bridgehead atoms. The van der Waals surface area contributed by atoms with E-state index >= 15 is 0 Å². The molecule has 0 aromatic rings. The van der Waals surface area contributed by atoms with E-state index in [2.05, 4.69) is 5.32 Å². The van der Waals surface area contributed by atoms with Crippen molar-refractivity contribution in [3.8, 4) is 0 Å². The van der Waals surface area contributed by atoms with E-state index < -0.39 is 5.60 Å². The third kappa shape index (κ3) is 1.88. The number of methoxy groups -OCH3 is 1. The van der Waals surface area contributed by atoms with Crippen molar-refractivity contribution in [2.75, 3.05) is 26.8 Å². The lowest BCUT2D eigenvalue weighted by Crippen LogP contribution is -2.49. The number of hydrogen-bond acceptors (Lipinski definition) is 4. The van der Waals surface area contributed by atoms with Crippen molar-refractivity contribution in [1.82, 2.24) is 5.32 Å². The zero-order chi connectivity index (χ0) is 10.7. The number of nitrogens with one attached hydrogen (secondary N) is 1. The molecule has 2 aliphatic rings. The number of carbonyl (C=O) groups is 1. The number of ether oxygens (including phenoxy) is 2. The van der Waals surface area contributed by atoms with Crippen LogP contribution >= 0.6 is 0 Å². The fraction of sp³-hybridized carbons (Fsp3) is 0.909. The molecule has 1 atom stereocenters. The summed E-state index contributed by atoms with van der Waals surface area (Å²) in [6, 6.07) is 0. The quantitative estimate of drug-likeness (QED) is 0.686. The summed E-state index contributed by atoms with van der Waals surface area (Å²) in [5, 5.41) is 3.30. The van der Waals surface area contributed by atoms with Crippen LogP contribution in [0.2, 0.25) is 0 Å². The molecule has 86 valence electrons. The molecule has 4 heteroatoms. The average molecular weight is 213 g/mol. The Morgan fingerprint density at radius 3 is 2.73 bits per heavy atom. The third-order valence-electron chi connectivity index (χ3n) is 3.58. The summed E-state index contributed by atoms with van der Waals surface area (Å²) in [7, 11) is 1.45. The van der Waals surface area contributed by atoms with Crippen molar-refractivity contribution in [3.63, 3.8) is 0 Å². The number of piperidine rings is 1. The molecule has 2 saturated heterocycles. The molecule has 0 spiro atoms. The van der Waals surface area contributed by atoms with Gasteiger partial charge < -0.3 is 14.8 Å². The van der Waals surface area contributed by atoms with Crippen molar-refractivity contribution in [1.29, 1.82) is 0 Å². The molecule has 2 aliphatic heterocycles. The minimum atomic E-state index is -0.628. The Balaban J connectivity index is 2.13. The van der Waals surface area contributed by atoms with Crippen molar-refractivity contribution in [2.24, 2.45) is 5.92 Å². The van der Waals surface area contributed by atoms with E-state index in [4.69, 9.17) is 9.47 Å². The monoisotopic (exact) mass is 213 g/mol. The van der Waals surface area contributed by atoms with Gasteiger partial charge in [0.05, 0.1) is 7.11 Å². The van der Waals surface area contributed by atoms with Gasteiger partial charge in [-0.15, -0.1) is 0 Å². The van der Waals surface area contributed by atoms with E-state index in [1.807, 2.05) is 0 Å².